The molecule has 0 radical (unpaired) electrons. The van der Waals surface area contributed by atoms with Crippen molar-refractivity contribution in [3.8, 4) is 0 Å². The molecular formula is C14H28N2O2. The van der Waals surface area contributed by atoms with Crippen LogP contribution in [-0.2, 0) is 4.74 Å². The average Bonchev–Trinajstić information content (AvgIpc) is 2.39. The lowest BCUT2D eigenvalue weighted by atomic mass is 9.87. The van der Waals surface area contributed by atoms with Crippen molar-refractivity contribution in [1.29, 1.82) is 0 Å². The third kappa shape index (κ3) is 4.50. The molecule has 1 aliphatic heterocycles. The van der Waals surface area contributed by atoms with Crippen molar-refractivity contribution in [3.63, 3.8) is 0 Å². The Morgan fingerprint density at radius 3 is 3.00 bits per heavy atom. The van der Waals surface area contributed by atoms with E-state index in [-0.39, 0.29) is 6.10 Å². The maximum atomic E-state index is 9.64. The lowest BCUT2D eigenvalue weighted by Crippen LogP contribution is -2.47. The maximum absolute atomic E-state index is 9.64. The molecule has 0 bridgehead atoms. The monoisotopic (exact) mass is 256 g/mol. The SMILES string of the molecule is CCN1CCOC(CNCC2CCCC(O)C2)C1. The van der Waals surface area contributed by atoms with Crippen LogP contribution >= 0.6 is 0 Å². The Kier molecular flexibility index (Phi) is 5.89. The highest BCUT2D eigenvalue weighted by atomic mass is 16.5. The zero-order valence-electron chi connectivity index (χ0n) is 11.6. The minimum absolute atomic E-state index is 0.0629. The fourth-order valence-electron chi connectivity index (χ4n) is 3.09. The van der Waals surface area contributed by atoms with Gasteiger partial charge in [0, 0.05) is 19.6 Å². The molecule has 2 fully saturated rings. The fraction of sp³-hybridized carbons (Fsp3) is 1.00. The summed E-state index contributed by atoms with van der Waals surface area (Å²) in [6.07, 6.45) is 4.68. The van der Waals surface area contributed by atoms with Crippen LogP contribution in [0, 0.1) is 5.92 Å². The van der Waals surface area contributed by atoms with Crippen LogP contribution in [0.25, 0.3) is 0 Å². The molecule has 3 atom stereocenters. The van der Waals surface area contributed by atoms with E-state index < -0.39 is 0 Å². The molecule has 0 spiro atoms. The van der Waals surface area contributed by atoms with Gasteiger partial charge < -0.3 is 15.2 Å². The second-order valence-corrected chi connectivity index (χ2v) is 5.73. The van der Waals surface area contributed by atoms with Crippen LogP contribution in [0.4, 0.5) is 0 Å². The van der Waals surface area contributed by atoms with E-state index in [0.717, 1.165) is 52.2 Å². The smallest absolute Gasteiger partial charge is 0.0826 e. The number of rotatable bonds is 5. The Balaban J connectivity index is 1.59. The molecule has 0 aromatic rings. The van der Waals surface area contributed by atoms with Gasteiger partial charge in [-0.15, -0.1) is 0 Å². The van der Waals surface area contributed by atoms with Crippen LogP contribution < -0.4 is 5.32 Å². The number of aliphatic hydroxyl groups excluding tert-OH is 1. The van der Waals surface area contributed by atoms with Crippen LogP contribution in [0.1, 0.15) is 32.6 Å². The first-order valence-corrected chi connectivity index (χ1v) is 7.50. The Bertz CT molecular complexity index is 238. The number of hydrogen-bond acceptors (Lipinski definition) is 4. The molecule has 2 N–H and O–H groups in total. The molecule has 0 amide bonds. The summed E-state index contributed by atoms with van der Waals surface area (Å²) in [5.41, 5.74) is 0. The van der Waals surface area contributed by atoms with Crippen molar-refractivity contribution < 1.29 is 9.84 Å². The Morgan fingerprint density at radius 2 is 2.22 bits per heavy atom. The topological polar surface area (TPSA) is 44.7 Å². The minimum atomic E-state index is -0.0629. The van der Waals surface area contributed by atoms with E-state index in [1.54, 1.807) is 0 Å². The first kappa shape index (κ1) is 14.3. The van der Waals surface area contributed by atoms with Gasteiger partial charge in [-0.05, 0) is 38.3 Å². The summed E-state index contributed by atoms with van der Waals surface area (Å²) < 4.78 is 5.77. The third-order valence-corrected chi connectivity index (χ3v) is 4.23. The second kappa shape index (κ2) is 7.43. The van der Waals surface area contributed by atoms with Crippen LogP contribution in [0.15, 0.2) is 0 Å². The van der Waals surface area contributed by atoms with E-state index in [4.69, 9.17) is 4.74 Å². The molecule has 4 nitrogen and oxygen atoms in total. The normalized spacial score (nSPS) is 34.7. The molecule has 106 valence electrons. The standard InChI is InChI=1S/C14H28N2O2/c1-2-16-6-7-18-14(11-16)10-15-9-12-4-3-5-13(17)8-12/h12-15,17H,2-11H2,1H3. The highest BCUT2D eigenvalue weighted by Gasteiger charge is 2.22. The predicted molar refractivity (Wildman–Crippen MR) is 72.7 cm³/mol. The fourth-order valence-corrected chi connectivity index (χ4v) is 3.09. The highest BCUT2D eigenvalue weighted by Crippen LogP contribution is 2.23. The van der Waals surface area contributed by atoms with Gasteiger partial charge >= 0.3 is 0 Å². The van der Waals surface area contributed by atoms with Crippen molar-refractivity contribution >= 4 is 0 Å². The van der Waals surface area contributed by atoms with Crippen molar-refractivity contribution in [1.82, 2.24) is 10.2 Å². The van der Waals surface area contributed by atoms with E-state index >= 15 is 0 Å². The summed E-state index contributed by atoms with van der Waals surface area (Å²) in [4.78, 5) is 2.44. The molecule has 4 heteroatoms. The van der Waals surface area contributed by atoms with Gasteiger partial charge in [0.1, 0.15) is 0 Å². The van der Waals surface area contributed by atoms with Crippen molar-refractivity contribution in [2.45, 2.75) is 44.8 Å². The molecule has 2 aliphatic rings. The summed E-state index contributed by atoms with van der Waals surface area (Å²) in [6.45, 7) is 8.29. The lowest BCUT2D eigenvalue weighted by Gasteiger charge is -2.33. The molecule has 1 saturated carbocycles. The molecule has 3 unspecified atom stereocenters. The van der Waals surface area contributed by atoms with Crippen molar-refractivity contribution in [3.05, 3.63) is 0 Å². The summed E-state index contributed by atoms with van der Waals surface area (Å²) >= 11 is 0. The quantitative estimate of drug-likeness (QED) is 0.765. The Hall–Kier alpha value is -0.160. The van der Waals surface area contributed by atoms with E-state index in [0.29, 0.717) is 12.0 Å². The zero-order chi connectivity index (χ0) is 12.8. The molecule has 1 heterocycles. The summed E-state index contributed by atoms with van der Waals surface area (Å²) in [6, 6.07) is 0. The number of nitrogens with zero attached hydrogens (tertiary/aromatic N) is 1. The van der Waals surface area contributed by atoms with Gasteiger partial charge in [0.15, 0.2) is 0 Å². The van der Waals surface area contributed by atoms with Crippen LogP contribution in [-0.4, -0.2) is 61.5 Å². The van der Waals surface area contributed by atoms with Gasteiger partial charge in [-0.3, -0.25) is 4.90 Å². The van der Waals surface area contributed by atoms with Gasteiger partial charge in [0.25, 0.3) is 0 Å². The molecule has 0 aromatic carbocycles. The molecule has 1 saturated heterocycles. The minimum Gasteiger partial charge on any atom is -0.393 e. The van der Waals surface area contributed by atoms with Gasteiger partial charge in [-0.2, -0.15) is 0 Å². The third-order valence-electron chi connectivity index (χ3n) is 4.23. The summed E-state index contributed by atoms with van der Waals surface area (Å²) in [5.74, 6) is 0.652. The van der Waals surface area contributed by atoms with Crippen LogP contribution in [0.5, 0.6) is 0 Å². The maximum Gasteiger partial charge on any atom is 0.0826 e. The summed E-state index contributed by atoms with van der Waals surface area (Å²) in [5, 5.41) is 13.2. The van der Waals surface area contributed by atoms with Crippen LogP contribution in [0.2, 0.25) is 0 Å². The van der Waals surface area contributed by atoms with Gasteiger partial charge in [0.2, 0.25) is 0 Å². The molecule has 2 rings (SSSR count). The Labute approximate surface area is 111 Å². The number of hydrogen-bond donors (Lipinski definition) is 2. The van der Waals surface area contributed by atoms with Crippen LogP contribution in [0.3, 0.4) is 0 Å². The molecule has 1 aliphatic carbocycles. The van der Waals surface area contributed by atoms with Gasteiger partial charge in [-0.1, -0.05) is 13.3 Å². The second-order valence-electron chi connectivity index (χ2n) is 5.73. The predicted octanol–water partition coefficient (Wildman–Crippen LogP) is 0.848. The van der Waals surface area contributed by atoms with Crippen molar-refractivity contribution in [2.75, 3.05) is 39.3 Å². The number of morpholine rings is 1. The average molecular weight is 256 g/mol. The molecular weight excluding hydrogens is 228 g/mol. The molecule has 18 heavy (non-hydrogen) atoms. The van der Waals surface area contributed by atoms with Gasteiger partial charge in [0.05, 0.1) is 18.8 Å². The number of nitrogens with one attached hydrogen (secondary N) is 1. The molecule has 0 aromatic heterocycles. The van der Waals surface area contributed by atoms with E-state index in [9.17, 15) is 5.11 Å². The van der Waals surface area contributed by atoms with E-state index in [2.05, 4.69) is 17.1 Å². The first-order valence-electron chi connectivity index (χ1n) is 7.50. The largest absolute Gasteiger partial charge is 0.393 e. The summed E-state index contributed by atoms with van der Waals surface area (Å²) in [7, 11) is 0. The highest BCUT2D eigenvalue weighted by molar-refractivity contribution is 4.76. The lowest BCUT2D eigenvalue weighted by molar-refractivity contribution is -0.0259. The number of ether oxygens (including phenoxy) is 1. The first-order chi connectivity index (χ1) is 8.78. The Morgan fingerprint density at radius 1 is 1.33 bits per heavy atom. The van der Waals surface area contributed by atoms with E-state index in [1.807, 2.05) is 0 Å². The van der Waals surface area contributed by atoms with E-state index in [1.165, 1.54) is 12.8 Å². The van der Waals surface area contributed by atoms with Crippen molar-refractivity contribution in [2.24, 2.45) is 5.92 Å². The van der Waals surface area contributed by atoms with Gasteiger partial charge in [-0.25, -0.2) is 0 Å². The number of likely N-dealkylation sites (N-methyl/N-ethyl adjacent to an activating group) is 1. The number of aliphatic hydroxyl groups is 1. The zero-order valence-corrected chi connectivity index (χ0v) is 11.6.